The van der Waals surface area contributed by atoms with Gasteiger partial charge in [0.1, 0.15) is 6.61 Å². The van der Waals surface area contributed by atoms with Gasteiger partial charge in [-0.15, -0.1) is 0 Å². The third kappa shape index (κ3) is 6.34. The van der Waals surface area contributed by atoms with E-state index in [2.05, 4.69) is 11.7 Å². The highest BCUT2D eigenvalue weighted by Gasteiger charge is 2.21. The minimum atomic E-state index is -2.79. The van der Waals surface area contributed by atoms with Gasteiger partial charge < -0.3 is 4.74 Å². The molecule has 0 unspecified atom stereocenters. The average Bonchev–Trinajstić information content (AvgIpc) is 2.73. The Kier molecular flexibility index (Phi) is 8.37. The minimum Gasteiger partial charge on any atom is -0.482 e. The van der Waals surface area contributed by atoms with Crippen LogP contribution in [0.3, 0.4) is 0 Å². The maximum Gasteiger partial charge on any atom is 0.272 e. The van der Waals surface area contributed by atoms with Crippen LogP contribution in [-0.4, -0.2) is 21.8 Å². The summed E-state index contributed by atoms with van der Waals surface area (Å²) in [5.74, 6) is -1.88. The van der Waals surface area contributed by atoms with Crippen LogP contribution in [0.2, 0.25) is 18.1 Å². The molecule has 2 aromatic rings. The van der Waals surface area contributed by atoms with E-state index in [1.54, 1.807) is 0 Å². The Labute approximate surface area is 178 Å². The molecule has 0 N–H and O–H groups in total. The van der Waals surface area contributed by atoms with Crippen molar-refractivity contribution in [2.75, 3.05) is 6.61 Å². The first kappa shape index (κ1) is 22.9. The van der Waals surface area contributed by atoms with E-state index in [-0.39, 0.29) is 0 Å². The molecule has 0 amide bonds. The molecule has 164 valence electrons. The van der Waals surface area contributed by atoms with Crippen molar-refractivity contribution in [3.8, 4) is 16.9 Å². The number of benzene rings is 2. The quantitative estimate of drug-likeness (QED) is 0.296. The molecule has 0 saturated carbocycles. The first-order valence-corrected chi connectivity index (χ1v) is 13.4. The molecule has 0 spiro atoms. The number of alkyl halides is 2. The molecule has 1 aliphatic rings. The molecule has 3 rings (SSSR count). The van der Waals surface area contributed by atoms with Crippen molar-refractivity contribution in [1.29, 1.82) is 0 Å². The average molecular weight is 439 g/mol. The summed E-state index contributed by atoms with van der Waals surface area (Å²) in [4.78, 5) is 0. The van der Waals surface area contributed by atoms with Crippen LogP contribution in [0.4, 0.5) is 17.6 Å². The predicted octanol–water partition coefficient (Wildman–Crippen LogP) is 7.26. The summed E-state index contributed by atoms with van der Waals surface area (Å²) in [5, 5.41) is 0. The lowest BCUT2D eigenvalue weighted by Gasteiger charge is -2.27. The second-order valence-corrected chi connectivity index (χ2v) is 11.8. The standard InChI is InChI=1S/C24H30F4OSi/c1-2-11-30-12-9-18(10-13-30)4-3-17-5-7-19(8-6-17)20-14-21(25)24(22(26)15-20)29-16-23(27)28/h5-8,14-15,18,23,30H,2-4,9-13,16H2,1H3. The summed E-state index contributed by atoms with van der Waals surface area (Å²) in [6.45, 7) is 1.26. The third-order valence-electron chi connectivity index (χ3n) is 6.14. The number of halogens is 4. The van der Waals surface area contributed by atoms with Gasteiger partial charge in [-0.3, -0.25) is 0 Å². The lowest BCUT2D eigenvalue weighted by molar-refractivity contribution is 0.0777. The van der Waals surface area contributed by atoms with Gasteiger partial charge in [0.05, 0.1) is 0 Å². The Hall–Kier alpha value is -1.82. The molecule has 1 heterocycles. The van der Waals surface area contributed by atoms with Gasteiger partial charge in [0.15, 0.2) is 17.4 Å². The molecule has 0 radical (unpaired) electrons. The number of hydrogen-bond donors (Lipinski definition) is 0. The normalized spacial score (nSPS) is 19.3. The summed E-state index contributed by atoms with van der Waals surface area (Å²) in [6.07, 6.45) is 3.54. The van der Waals surface area contributed by atoms with Crippen molar-refractivity contribution in [3.05, 3.63) is 53.6 Å². The number of hydrogen-bond acceptors (Lipinski definition) is 1. The molecule has 0 bridgehead atoms. The molecule has 6 heteroatoms. The van der Waals surface area contributed by atoms with Crippen LogP contribution in [0.1, 0.15) is 38.2 Å². The number of rotatable bonds is 9. The monoisotopic (exact) mass is 438 g/mol. The zero-order chi connectivity index (χ0) is 21.5. The van der Waals surface area contributed by atoms with Gasteiger partial charge in [-0.25, -0.2) is 17.6 Å². The Balaban J connectivity index is 1.56. The van der Waals surface area contributed by atoms with Crippen molar-refractivity contribution in [2.45, 2.75) is 63.6 Å². The van der Waals surface area contributed by atoms with Crippen LogP contribution in [0.15, 0.2) is 36.4 Å². The molecule has 1 nitrogen and oxygen atoms in total. The number of ether oxygens (including phenoxy) is 1. The van der Waals surface area contributed by atoms with E-state index in [0.29, 0.717) is 11.1 Å². The van der Waals surface area contributed by atoms with Gasteiger partial charge in [0, 0.05) is 8.80 Å². The van der Waals surface area contributed by atoms with Gasteiger partial charge in [-0.1, -0.05) is 68.6 Å². The molecule has 1 saturated heterocycles. The Bertz CT molecular complexity index is 778. The topological polar surface area (TPSA) is 9.23 Å². The highest BCUT2D eigenvalue weighted by Crippen LogP contribution is 2.32. The van der Waals surface area contributed by atoms with E-state index < -0.39 is 39.2 Å². The van der Waals surface area contributed by atoms with Crippen LogP contribution in [0, 0.1) is 17.6 Å². The third-order valence-corrected chi connectivity index (χ3v) is 9.84. The maximum atomic E-state index is 14.1. The second kappa shape index (κ2) is 11.0. The molecule has 1 fully saturated rings. The zero-order valence-corrected chi connectivity index (χ0v) is 18.6. The van der Waals surface area contributed by atoms with E-state index in [9.17, 15) is 17.6 Å². The summed E-state index contributed by atoms with van der Waals surface area (Å²) in [5.41, 5.74) is 2.27. The first-order chi connectivity index (χ1) is 14.5. The van der Waals surface area contributed by atoms with E-state index in [1.807, 2.05) is 24.3 Å². The zero-order valence-electron chi connectivity index (χ0n) is 17.5. The van der Waals surface area contributed by atoms with Crippen LogP contribution < -0.4 is 4.74 Å². The van der Waals surface area contributed by atoms with Gasteiger partial charge in [-0.2, -0.15) is 0 Å². The number of aryl methyl sites for hydroxylation is 1. The Morgan fingerprint density at radius 3 is 2.20 bits per heavy atom. The smallest absolute Gasteiger partial charge is 0.272 e. The first-order valence-electron chi connectivity index (χ1n) is 11.0. The van der Waals surface area contributed by atoms with E-state index in [0.717, 1.165) is 24.5 Å². The molecule has 2 aromatic carbocycles. The van der Waals surface area contributed by atoms with Gasteiger partial charge in [0.25, 0.3) is 6.43 Å². The fourth-order valence-electron chi connectivity index (χ4n) is 4.46. The lowest BCUT2D eigenvalue weighted by atomic mass is 9.93. The Morgan fingerprint density at radius 1 is 1.00 bits per heavy atom. The van der Waals surface area contributed by atoms with Crippen molar-refractivity contribution in [1.82, 2.24) is 0 Å². The lowest BCUT2D eigenvalue weighted by Crippen LogP contribution is -2.21. The summed E-state index contributed by atoms with van der Waals surface area (Å²) in [6, 6.07) is 14.4. The van der Waals surface area contributed by atoms with Gasteiger partial charge in [0.2, 0.25) is 0 Å². The molecule has 30 heavy (non-hydrogen) atoms. The van der Waals surface area contributed by atoms with Crippen LogP contribution in [-0.2, 0) is 6.42 Å². The molecule has 0 aliphatic carbocycles. The van der Waals surface area contributed by atoms with Crippen LogP contribution >= 0.6 is 0 Å². The van der Waals surface area contributed by atoms with Gasteiger partial charge >= 0.3 is 0 Å². The summed E-state index contributed by atoms with van der Waals surface area (Å²) in [7, 11) is -0.435. The fraction of sp³-hybridized carbons (Fsp3) is 0.500. The van der Waals surface area contributed by atoms with Crippen molar-refractivity contribution in [3.63, 3.8) is 0 Å². The maximum absolute atomic E-state index is 14.1. The highest BCUT2D eigenvalue weighted by molar-refractivity contribution is 6.58. The van der Waals surface area contributed by atoms with E-state index >= 15 is 0 Å². The Morgan fingerprint density at radius 2 is 1.63 bits per heavy atom. The second-order valence-electron chi connectivity index (χ2n) is 8.38. The summed E-state index contributed by atoms with van der Waals surface area (Å²) < 4.78 is 57.3. The highest BCUT2D eigenvalue weighted by atomic mass is 28.3. The predicted molar refractivity (Wildman–Crippen MR) is 116 cm³/mol. The summed E-state index contributed by atoms with van der Waals surface area (Å²) >= 11 is 0. The van der Waals surface area contributed by atoms with Crippen molar-refractivity contribution < 1.29 is 22.3 Å². The molecule has 0 atom stereocenters. The van der Waals surface area contributed by atoms with E-state index in [4.69, 9.17) is 0 Å². The van der Waals surface area contributed by atoms with Crippen LogP contribution in [0.5, 0.6) is 5.75 Å². The largest absolute Gasteiger partial charge is 0.482 e. The molecule has 1 aliphatic heterocycles. The van der Waals surface area contributed by atoms with Crippen molar-refractivity contribution in [2.24, 2.45) is 5.92 Å². The van der Waals surface area contributed by atoms with Gasteiger partial charge in [-0.05, 0) is 47.6 Å². The minimum absolute atomic E-state index is 0.361. The van der Waals surface area contributed by atoms with Crippen LogP contribution in [0.25, 0.3) is 11.1 Å². The SMILES string of the molecule is CCC[SiH]1CCC(CCc2ccc(-c3cc(F)c(OCC(F)F)c(F)c3)cc2)CC1. The van der Waals surface area contributed by atoms with Crippen molar-refractivity contribution >= 4 is 8.80 Å². The molecular weight excluding hydrogens is 408 g/mol. The molecular formula is C24H30F4OSi. The van der Waals surface area contributed by atoms with E-state index in [1.165, 1.54) is 49.4 Å². The fourth-order valence-corrected chi connectivity index (χ4v) is 8.03. The molecule has 0 aromatic heterocycles.